The highest BCUT2D eigenvalue weighted by molar-refractivity contribution is 6.15. The Morgan fingerprint density at radius 1 is 0.947 bits per heavy atom. The van der Waals surface area contributed by atoms with Crippen molar-refractivity contribution in [3.63, 3.8) is 0 Å². The molecule has 2 aliphatic rings. The molecule has 8 heteroatoms. The van der Waals surface area contributed by atoms with Crippen LogP contribution >= 0.6 is 0 Å². The van der Waals surface area contributed by atoms with E-state index in [9.17, 15) is 14.4 Å². The highest BCUT2D eigenvalue weighted by Gasteiger charge is 2.39. The molecule has 0 bridgehead atoms. The third kappa shape index (κ3) is 3.64. The van der Waals surface area contributed by atoms with E-state index in [1.807, 2.05) is 30.3 Å². The number of nitrogens with zero attached hydrogens (tertiary/aromatic N) is 1. The van der Waals surface area contributed by atoms with Crippen molar-refractivity contribution in [2.75, 3.05) is 14.2 Å². The molecule has 38 heavy (non-hydrogen) atoms. The van der Waals surface area contributed by atoms with Gasteiger partial charge >= 0.3 is 5.97 Å². The largest absolute Gasteiger partial charge is 0.497 e. The number of pyridine rings is 1. The van der Waals surface area contributed by atoms with E-state index < -0.39 is 11.9 Å². The Morgan fingerprint density at radius 3 is 2.55 bits per heavy atom. The van der Waals surface area contributed by atoms with Crippen LogP contribution in [0, 0.1) is 0 Å². The van der Waals surface area contributed by atoms with Crippen LogP contribution in [-0.2, 0) is 11.8 Å². The van der Waals surface area contributed by atoms with E-state index in [0.717, 1.165) is 5.39 Å². The monoisotopic (exact) mass is 509 g/mol. The second-order valence-corrected chi connectivity index (χ2v) is 9.16. The summed E-state index contributed by atoms with van der Waals surface area (Å²) in [6.45, 7) is 0. The Balaban J connectivity index is 1.51. The van der Waals surface area contributed by atoms with Gasteiger partial charge < -0.3 is 23.5 Å². The molecule has 0 N–H and O–H groups in total. The van der Waals surface area contributed by atoms with Crippen molar-refractivity contribution >= 4 is 28.7 Å². The SMILES string of the molecule is COc1ccc2cc([C@H]3CC(=O)Oc4ccc5c(c43)O/C(=C\c3ccccc3OC)C5=O)c(=O)n(C)c2c1. The summed E-state index contributed by atoms with van der Waals surface area (Å²) in [7, 11) is 4.80. The van der Waals surface area contributed by atoms with Crippen molar-refractivity contribution in [2.45, 2.75) is 12.3 Å². The lowest BCUT2D eigenvalue weighted by Crippen LogP contribution is -2.29. The van der Waals surface area contributed by atoms with Gasteiger partial charge in [0.2, 0.25) is 5.78 Å². The molecule has 2 aliphatic heterocycles. The third-order valence-corrected chi connectivity index (χ3v) is 7.04. The first-order chi connectivity index (χ1) is 18.4. The number of hydrogen-bond donors (Lipinski definition) is 0. The van der Waals surface area contributed by atoms with Crippen molar-refractivity contribution in [1.29, 1.82) is 0 Å². The topological polar surface area (TPSA) is 93.1 Å². The van der Waals surface area contributed by atoms with Gasteiger partial charge in [-0.3, -0.25) is 14.4 Å². The Bertz CT molecular complexity index is 1750. The maximum absolute atomic E-state index is 13.6. The minimum atomic E-state index is -0.662. The number of methoxy groups -OCH3 is 2. The van der Waals surface area contributed by atoms with E-state index in [0.29, 0.717) is 45.0 Å². The highest BCUT2D eigenvalue weighted by atomic mass is 16.5. The van der Waals surface area contributed by atoms with Gasteiger partial charge in [0.15, 0.2) is 5.76 Å². The number of aryl methyl sites for hydroxylation is 1. The summed E-state index contributed by atoms with van der Waals surface area (Å²) < 4.78 is 23.9. The first-order valence-electron chi connectivity index (χ1n) is 12.0. The molecule has 0 unspecified atom stereocenters. The van der Waals surface area contributed by atoms with Crippen molar-refractivity contribution in [2.24, 2.45) is 7.05 Å². The summed E-state index contributed by atoms with van der Waals surface area (Å²) in [6, 6.07) is 17.7. The van der Waals surface area contributed by atoms with Gasteiger partial charge in [-0.15, -0.1) is 0 Å². The van der Waals surface area contributed by atoms with Crippen molar-refractivity contribution < 1.29 is 28.5 Å². The van der Waals surface area contributed by atoms with Crippen molar-refractivity contribution in [3.05, 3.63) is 99.0 Å². The summed E-state index contributed by atoms with van der Waals surface area (Å²) in [6.07, 6.45) is 1.56. The molecule has 0 spiro atoms. The number of Topliss-reactive ketones (excluding diaryl/α,β-unsaturated/α-hetero) is 1. The maximum Gasteiger partial charge on any atom is 0.312 e. The van der Waals surface area contributed by atoms with Gasteiger partial charge in [-0.25, -0.2) is 0 Å². The minimum Gasteiger partial charge on any atom is -0.497 e. The van der Waals surface area contributed by atoms with Crippen LogP contribution in [0.4, 0.5) is 0 Å². The molecule has 0 amide bonds. The number of carbonyl (C=O) groups excluding carboxylic acids is 2. The number of allylic oxidation sites excluding steroid dienone is 1. The second-order valence-electron chi connectivity index (χ2n) is 9.16. The van der Waals surface area contributed by atoms with Gasteiger partial charge in [0.05, 0.1) is 31.7 Å². The quantitative estimate of drug-likeness (QED) is 0.225. The highest BCUT2D eigenvalue weighted by Crippen LogP contribution is 2.48. The molecule has 6 rings (SSSR count). The summed E-state index contributed by atoms with van der Waals surface area (Å²) in [4.78, 5) is 39.5. The summed E-state index contributed by atoms with van der Waals surface area (Å²) in [5.74, 6) is 0.479. The lowest BCUT2D eigenvalue weighted by molar-refractivity contribution is -0.135. The molecular formula is C30H23NO7. The normalized spacial score (nSPS) is 17.1. The molecule has 0 saturated carbocycles. The molecule has 0 radical (unpaired) electrons. The Labute approximate surface area is 217 Å². The third-order valence-electron chi connectivity index (χ3n) is 7.04. The average molecular weight is 510 g/mol. The molecule has 1 aromatic heterocycles. The van der Waals surface area contributed by atoms with Crippen molar-refractivity contribution in [1.82, 2.24) is 4.57 Å². The lowest BCUT2D eigenvalue weighted by atomic mass is 9.84. The first-order valence-corrected chi connectivity index (χ1v) is 12.0. The number of ether oxygens (including phenoxy) is 4. The zero-order valence-corrected chi connectivity index (χ0v) is 20.9. The smallest absolute Gasteiger partial charge is 0.312 e. The average Bonchev–Trinajstić information content (AvgIpc) is 3.25. The molecule has 3 heterocycles. The van der Waals surface area contributed by atoms with Crippen LogP contribution in [0.25, 0.3) is 17.0 Å². The van der Waals surface area contributed by atoms with Gasteiger partial charge in [-0.1, -0.05) is 18.2 Å². The fourth-order valence-electron chi connectivity index (χ4n) is 5.14. The summed E-state index contributed by atoms with van der Waals surface area (Å²) in [5.41, 5.74) is 2.38. The number of ketones is 1. The molecule has 190 valence electrons. The molecule has 0 saturated heterocycles. The van der Waals surface area contributed by atoms with E-state index in [4.69, 9.17) is 18.9 Å². The molecular weight excluding hydrogens is 486 g/mol. The van der Waals surface area contributed by atoms with E-state index in [1.165, 1.54) is 4.57 Å². The van der Waals surface area contributed by atoms with Crippen LogP contribution in [0.1, 0.15) is 39.4 Å². The van der Waals surface area contributed by atoms with Crippen LogP contribution in [-0.4, -0.2) is 30.5 Å². The molecule has 8 nitrogen and oxygen atoms in total. The standard InChI is InChI=1S/C30H23NO7/c1-31-22-14-18(35-2)9-8-16(22)12-21(30(31)34)20-15-26(32)37-24-11-10-19-28(33)25(38-29(19)27(20)24)13-17-6-4-5-7-23(17)36-3/h4-14,20H,15H2,1-3H3/b25-13-/t20-/m1/s1. The molecule has 0 fully saturated rings. The van der Waals surface area contributed by atoms with Crippen LogP contribution < -0.4 is 24.5 Å². The van der Waals surface area contributed by atoms with Crippen LogP contribution in [0.5, 0.6) is 23.0 Å². The van der Waals surface area contributed by atoms with Crippen LogP contribution in [0.2, 0.25) is 0 Å². The van der Waals surface area contributed by atoms with Gasteiger partial charge in [-0.05, 0) is 47.9 Å². The second kappa shape index (κ2) is 8.92. The zero-order chi connectivity index (χ0) is 26.6. The molecule has 1 atom stereocenters. The van der Waals surface area contributed by atoms with E-state index in [2.05, 4.69) is 0 Å². The first kappa shape index (κ1) is 23.5. The number of aromatic nitrogens is 1. The number of hydrogen-bond acceptors (Lipinski definition) is 7. The minimum absolute atomic E-state index is 0.0660. The fraction of sp³-hybridized carbons (Fsp3) is 0.167. The maximum atomic E-state index is 13.6. The van der Waals surface area contributed by atoms with E-state index in [-0.39, 0.29) is 29.3 Å². The van der Waals surface area contributed by atoms with E-state index >= 15 is 0 Å². The number of fused-ring (bicyclic) bond motifs is 4. The summed E-state index contributed by atoms with van der Waals surface area (Å²) >= 11 is 0. The predicted octanol–water partition coefficient (Wildman–Crippen LogP) is 4.61. The number of carbonyl (C=O) groups is 2. The lowest BCUT2D eigenvalue weighted by Gasteiger charge is -2.26. The van der Waals surface area contributed by atoms with Crippen LogP contribution in [0.15, 0.2) is 71.2 Å². The predicted molar refractivity (Wildman–Crippen MR) is 140 cm³/mol. The number of esters is 1. The number of para-hydroxylation sites is 1. The van der Waals surface area contributed by atoms with Crippen molar-refractivity contribution in [3.8, 4) is 23.0 Å². The van der Waals surface area contributed by atoms with Gasteiger partial charge in [0.1, 0.15) is 23.0 Å². The van der Waals surface area contributed by atoms with Gasteiger partial charge in [0.25, 0.3) is 5.56 Å². The summed E-state index contributed by atoms with van der Waals surface area (Å²) in [5, 5.41) is 0.810. The Kier molecular flexibility index (Phi) is 5.52. The zero-order valence-electron chi connectivity index (χ0n) is 20.9. The molecule has 3 aromatic carbocycles. The molecule has 0 aliphatic carbocycles. The fourth-order valence-corrected chi connectivity index (χ4v) is 5.14. The van der Waals surface area contributed by atoms with Gasteiger partial charge in [-0.2, -0.15) is 0 Å². The van der Waals surface area contributed by atoms with E-state index in [1.54, 1.807) is 57.7 Å². The number of rotatable bonds is 4. The number of benzene rings is 3. The van der Waals surface area contributed by atoms with Gasteiger partial charge in [0, 0.05) is 35.7 Å². The molecule has 4 aromatic rings. The Hall–Kier alpha value is -4.85. The van der Waals surface area contributed by atoms with Crippen LogP contribution in [0.3, 0.4) is 0 Å². The Morgan fingerprint density at radius 2 is 1.76 bits per heavy atom.